The van der Waals surface area contributed by atoms with Crippen LogP contribution in [-0.2, 0) is 13.0 Å². The monoisotopic (exact) mass is 532 g/mol. The third-order valence-corrected chi connectivity index (χ3v) is 8.19. The minimum absolute atomic E-state index is 0.312. The van der Waals surface area contributed by atoms with E-state index in [1.54, 1.807) is 0 Å². The van der Waals surface area contributed by atoms with E-state index >= 15 is 0 Å². The van der Waals surface area contributed by atoms with Crippen molar-refractivity contribution >= 4 is 22.8 Å². The zero-order valence-corrected chi connectivity index (χ0v) is 23.7. The summed E-state index contributed by atoms with van der Waals surface area (Å²) in [6.45, 7) is 9.29. The highest BCUT2D eigenvalue weighted by Crippen LogP contribution is 2.35. The Morgan fingerprint density at radius 2 is 1.88 bits per heavy atom. The number of aliphatic imine (C=N–C) groups is 1. The number of rotatable bonds is 7. The van der Waals surface area contributed by atoms with E-state index in [1.165, 1.54) is 12.1 Å². The lowest BCUT2D eigenvalue weighted by Gasteiger charge is -2.33. The number of benzene rings is 3. The first-order chi connectivity index (χ1) is 19.4. The van der Waals surface area contributed by atoms with E-state index in [4.69, 9.17) is 9.98 Å². The molecule has 0 saturated heterocycles. The van der Waals surface area contributed by atoms with Crippen LogP contribution in [0.3, 0.4) is 0 Å². The Morgan fingerprint density at radius 1 is 1.07 bits per heavy atom. The number of carbonyl (C=O) groups is 1. The number of aromatic carboxylic acids is 1. The van der Waals surface area contributed by atoms with Crippen LogP contribution in [0.5, 0.6) is 0 Å². The first-order valence-electron chi connectivity index (χ1n) is 14.3. The fraction of sp³-hybridized carbons (Fsp3) is 0.324. The van der Waals surface area contributed by atoms with Gasteiger partial charge in [0.15, 0.2) is 0 Å². The molecule has 0 radical (unpaired) electrons. The Labute approximate surface area is 235 Å². The normalized spacial score (nSPS) is 16.8. The number of hydrogen-bond acceptors (Lipinski definition) is 4. The van der Waals surface area contributed by atoms with E-state index in [0.29, 0.717) is 24.2 Å². The Kier molecular flexibility index (Phi) is 6.78. The van der Waals surface area contributed by atoms with E-state index in [2.05, 4.69) is 55.4 Å². The average Bonchev–Trinajstić information content (AvgIpc) is 3.52. The topological polar surface area (TPSA) is 70.7 Å². The van der Waals surface area contributed by atoms with E-state index < -0.39 is 5.97 Å². The number of aromatic nitrogens is 2. The van der Waals surface area contributed by atoms with Gasteiger partial charge in [-0.1, -0.05) is 55.5 Å². The molecule has 0 spiro atoms. The number of hydrogen-bond donors (Lipinski definition) is 1. The Balaban J connectivity index is 1.44. The van der Waals surface area contributed by atoms with Gasteiger partial charge in [-0.05, 0) is 80.5 Å². The fourth-order valence-corrected chi connectivity index (χ4v) is 6.33. The van der Waals surface area contributed by atoms with Gasteiger partial charge in [-0.25, -0.2) is 14.8 Å². The molecule has 204 valence electrons. The smallest absolute Gasteiger partial charge is 0.336 e. The number of aryl methyl sites for hydroxylation is 2. The third kappa shape index (κ3) is 4.51. The highest BCUT2D eigenvalue weighted by atomic mass is 16.4. The summed E-state index contributed by atoms with van der Waals surface area (Å²) in [6.07, 6.45) is 6.53. The number of fused-ring (bicyclic) bond motifs is 2. The van der Waals surface area contributed by atoms with Crippen LogP contribution in [0.15, 0.2) is 77.4 Å². The molecular weight excluding hydrogens is 496 g/mol. The van der Waals surface area contributed by atoms with Gasteiger partial charge < -0.3 is 14.6 Å². The molecule has 2 aliphatic rings. The largest absolute Gasteiger partial charge is 0.478 e. The summed E-state index contributed by atoms with van der Waals surface area (Å²) in [5, 5.41) is 10.1. The summed E-state index contributed by atoms with van der Waals surface area (Å²) in [5.74, 6) is 1.11. The van der Waals surface area contributed by atoms with E-state index in [9.17, 15) is 9.90 Å². The first-order valence-corrected chi connectivity index (χ1v) is 14.3. The van der Waals surface area contributed by atoms with Gasteiger partial charge in [0, 0.05) is 24.6 Å². The van der Waals surface area contributed by atoms with Crippen molar-refractivity contribution in [2.24, 2.45) is 4.99 Å². The second-order valence-electron chi connectivity index (χ2n) is 11.2. The molecule has 40 heavy (non-hydrogen) atoms. The maximum Gasteiger partial charge on any atom is 0.336 e. The van der Waals surface area contributed by atoms with Crippen LogP contribution >= 0.6 is 0 Å². The maximum atomic E-state index is 12.3. The number of nitrogens with zero attached hydrogens (tertiary/aromatic N) is 4. The first kappa shape index (κ1) is 26.1. The molecule has 3 aromatic carbocycles. The summed E-state index contributed by atoms with van der Waals surface area (Å²) in [4.78, 5) is 24.9. The summed E-state index contributed by atoms with van der Waals surface area (Å²) in [5.41, 5.74) is 8.37. The lowest BCUT2D eigenvalue weighted by molar-refractivity contribution is 0.0697. The van der Waals surface area contributed by atoms with Crippen LogP contribution < -0.4 is 0 Å². The zero-order valence-electron chi connectivity index (χ0n) is 23.7. The van der Waals surface area contributed by atoms with Crippen LogP contribution in [0.4, 0.5) is 0 Å². The molecule has 2 heterocycles. The molecular formula is C34H36N4O2. The molecule has 6 heteroatoms. The van der Waals surface area contributed by atoms with Crippen LogP contribution in [0.2, 0.25) is 0 Å². The molecule has 1 aliphatic heterocycles. The fourth-order valence-electron chi connectivity index (χ4n) is 6.33. The zero-order chi connectivity index (χ0) is 28.0. The molecule has 1 aliphatic carbocycles. The number of carboxylic acids is 1. The Bertz CT molecular complexity index is 1660. The summed E-state index contributed by atoms with van der Waals surface area (Å²) in [6, 6.07) is 20.6. The minimum Gasteiger partial charge on any atom is -0.478 e. The Morgan fingerprint density at radius 3 is 2.60 bits per heavy atom. The molecule has 1 N–H and O–H groups in total. The lowest BCUT2D eigenvalue weighted by atomic mass is 9.97. The molecule has 6 rings (SSSR count). The second-order valence-corrected chi connectivity index (χ2v) is 11.2. The Hall–Kier alpha value is -4.19. The van der Waals surface area contributed by atoms with Gasteiger partial charge in [-0.15, -0.1) is 0 Å². The molecule has 4 aromatic rings. The van der Waals surface area contributed by atoms with Crippen molar-refractivity contribution in [1.82, 2.24) is 14.5 Å². The molecule has 1 aromatic heterocycles. The number of carboxylic acid groups (broad SMARTS) is 1. The second kappa shape index (κ2) is 10.4. The lowest BCUT2D eigenvalue weighted by Crippen LogP contribution is -2.42. The highest BCUT2D eigenvalue weighted by molar-refractivity contribution is 6.04. The van der Waals surface area contributed by atoms with E-state index in [0.717, 1.165) is 69.8 Å². The van der Waals surface area contributed by atoms with Crippen LogP contribution in [0.25, 0.3) is 22.2 Å². The van der Waals surface area contributed by atoms with Gasteiger partial charge >= 0.3 is 5.97 Å². The molecule has 0 amide bonds. The average molecular weight is 533 g/mol. The quantitative estimate of drug-likeness (QED) is 0.273. The molecule has 0 fully saturated rings. The predicted octanol–water partition coefficient (Wildman–Crippen LogP) is 7.23. The molecule has 0 saturated carbocycles. The van der Waals surface area contributed by atoms with E-state index in [1.807, 2.05) is 48.5 Å². The molecule has 1 atom stereocenters. The number of allylic oxidation sites excluding steroid dienone is 1. The van der Waals surface area contributed by atoms with Gasteiger partial charge in [0.05, 0.1) is 28.3 Å². The van der Waals surface area contributed by atoms with Crippen LogP contribution in [-0.4, -0.2) is 43.4 Å². The van der Waals surface area contributed by atoms with Gasteiger partial charge in [0.25, 0.3) is 0 Å². The molecule has 1 unspecified atom stereocenters. The van der Waals surface area contributed by atoms with Crippen molar-refractivity contribution in [2.75, 3.05) is 0 Å². The third-order valence-electron chi connectivity index (χ3n) is 8.19. The van der Waals surface area contributed by atoms with Gasteiger partial charge in [0.1, 0.15) is 11.7 Å². The number of amidine groups is 1. The van der Waals surface area contributed by atoms with Crippen molar-refractivity contribution in [1.29, 1.82) is 0 Å². The summed E-state index contributed by atoms with van der Waals surface area (Å²) in [7, 11) is 0. The standard InChI is InChI=1S/C34H36N4O2/c1-5-31-36-32-22(4)17-25(33-35-28-13-9-10-14-29(28)38(33)21(2)3)19-30(32)37(31)20-23-15-16-26(27(18-23)34(39)40)24-11-7-6-8-12-24/h6-8,11-13,15-19,21,29H,5,9-10,14,20H2,1-4H3,(H,39,40). The van der Waals surface area contributed by atoms with Crippen molar-refractivity contribution in [3.05, 3.63) is 101 Å². The van der Waals surface area contributed by atoms with Crippen molar-refractivity contribution in [3.63, 3.8) is 0 Å². The highest BCUT2D eigenvalue weighted by Gasteiger charge is 2.35. The van der Waals surface area contributed by atoms with Crippen molar-refractivity contribution in [2.45, 2.75) is 72.0 Å². The van der Waals surface area contributed by atoms with E-state index in [-0.39, 0.29) is 0 Å². The summed E-state index contributed by atoms with van der Waals surface area (Å²) >= 11 is 0. The predicted molar refractivity (Wildman–Crippen MR) is 161 cm³/mol. The van der Waals surface area contributed by atoms with Gasteiger partial charge in [0.2, 0.25) is 0 Å². The number of imidazole rings is 1. The van der Waals surface area contributed by atoms with Gasteiger partial charge in [-0.2, -0.15) is 0 Å². The van der Waals surface area contributed by atoms with Crippen molar-refractivity contribution < 1.29 is 9.90 Å². The maximum absolute atomic E-state index is 12.3. The summed E-state index contributed by atoms with van der Waals surface area (Å²) < 4.78 is 2.25. The molecule has 6 nitrogen and oxygen atoms in total. The van der Waals surface area contributed by atoms with Gasteiger partial charge in [-0.3, -0.25) is 0 Å². The van der Waals surface area contributed by atoms with Crippen molar-refractivity contribution in [3.8, 4) is 11.1 Å². The molecule has 0 bridgehead atoms. The minimum atomic E-state index is -0.922. The SMILES string of the molecule is CCc1nc2c(C)cc(C3=NC4=CCCCC4N3C(C)C)cc2n1Cc1ccc(-c2ccccc2)c(C(=O)O)c1. The van der Waals surface area contributed by atoms with Crippen LogP contribution in [0, 0.1) is 6.92 Å². The van der Waals surface area contributed by atoms with Crippen LogP contribution in [0.1, 0.15) is 72.9 Å².